The maximum absolute atomic E-state index is 6.07. The van der Waals surface area contributed by atoms with Crippen LogP contribution in [0.15, 0.2) is 57.5 Å². The van der Waals surface area contributed by atoms with Crippen LogP contribution in [0.4, 0.5) is 0 Å². The zero-order valence-corrected chi connectivity index (χ0v) is 17.0. The lowest BCUT2D eigenvalue weighted by molar-refractivity contribution is -0.00127. The lowest BCUT2D eigenvalue weighted by Crippen LogP contribution is -2.22. The van der Waals surface area contributed by atoms with Gasteiger partial charge in [-0.2, -0.15) is 4.98 Å². The fraction of sp³-hybridized carbons (Fsp3) is 0.200. The standard InChI is InChI=1S/C20H16BrN5O3/c1-27-13-6-4-5-12(9-13)17-10-26-16(11-28-17)18(23-25-26)20-22-19(24-29-20)14-7-2-3-8-15(14)21/h2-9,17H,10-11H2,1H3. The van der Waals surface area contributed by atoms with E-state index < -0.39 is 0 Å². The highest BCUT2D eigenvalue weighted by atomic mass is 79.9. The molecular formula is C20H16BrN5O3. The molecule has 8 nitrogen and oxygen atoms in total. The van der Waals surface area contributed by atoms with Crippen molar-refractivity contribution in [3.63, 3.8) is 0 Å². The van der Waals surface area contributed by atoms with Gasteiger partial charge in [0.1, 0.15) is 11.9 Å². The summed E-state index contributed by atoms with van der Waals surface area (Å²) in [5.74, 6) is 1.60. The molecule has 0 aliphatic carbocycles. The first-order valence-corrected chi connectivity index (χ1v) is 9.79. The summed E-state index contributed by atoms with van der Waals surface area (Å²) < 4.78 is 19.5. The number of nitrogens with zero attached hydrogens (tertiary/aromatic N) is 5. The second-order valence-corrected chi connectivity index (χ2v) is 7.40. The molecule has 0 fully saturated rings. The molecule has 0 radical (unpaired) electrons. The first-order chi connectivity index (χ1) is 14.2. The molecule has 146 valence electrons. The third-order valence-corrected chi connectivity index (χ3v) is 5.50. The molecule has 0 bridgehead atoms. The molecule has 1 aliphatic heterocycles. The maximum Gasteiger partial charge on any atom is 0.280 e. The number of aromatic nitrogens is 5. The Balaban J connectivity index is 1.42. The highest BCUT2D eigenvalue weighted by Gasteiger charge is 2.28. The van der Waals surface area contributed by atoms with Gasteiger partial charge in [-0.3, -0.25) is 0 Å². The summed E-state index contributed by atoms with van der Waals surface area (Å²) in [5.41, 5.74) is 3.23. The van der Waals surface area contributed by atoms with Crippen molar-refractivity contribution in [2.45, 2.75) is 19.3 Å². The number of ether oxygens (including phenoxy) is 2. The van der Waals surface area contributed by atoms with Crippen LogP contribution in [0.25, 0.3) is 23.0 Å². The predicted molar refractivity (Wildman–Crippen MR) is 107 cm³/mol. The Labute approximate surface area is 174 Å². The van der Waals surface area contributed by atoms with Gasteiger partial charge in [0.15, 0.2) is 5.69 Å². The Morgan fingerprint density at radius 3 is 2.93 bits per heavy atom. The molecule has 1 aliphatic rings. The molecule has 1 atom stereocenters. The Hall–Kier alpha value is -3.04. The molecule has 29 heavy (non-hydrogen) atoms. The first kappa shape index (κ1) is 18.0. The van der Waals surface area contributed by atoms with Crippen LogP contribution >= 0.6 is 15.9 Å². The van der Waals surface area contributed by atoms with Gasteiger partial charge in [0.25, 0.3) is 5.89 Å². The molecule has 0 amide bonds. The lowest BCUT2D eigenvalue weighted by atomic mass is 10.1. The summed E-state index contributed by atoms with van der Waals surface area (Å²) in [6.07, 6.45) is -0.134. The van der Waals surface area contributed by atoms with E-state index in [2.05, 4.69) is 36.4 Å². The summed E-state index contributed by atoms with van der Waals surface area (Å²) in [7, 11) is 1.65. The molecule has 0 saturated carbocycles. The van der Waals surface area contributed by atoms with Crippen LogP contribution < -0.4 is 4.74 Å². The Bertz CT molecular complexity index is 1170. The number of hydrogen-bond acceptors (Lipinski definition) is 7. The van der Waals surface area contributed by atoms with Crippen molar-refractivity contribution in [2.24, 2.45) is 0 Å². The van der Waals surface area contributed by atoms with Gasteiger partial charge in [0.2, 0.25) is 5.82 Å². The van der Waals surface area contributed by atoms with Gasteiger partial charge in [-0.1, -0.05) is 50.6 Å². The van der Waals surface area contributed by atoms with Crippen molar-refractivity contribution >= 4 is 15.9 Å². The van der Waals surface area contributed by atoms with Crippen LogP contribution in [-0.2, 0) is 17.9 Å². The molecule has 0 spiro atoms. The maximum atomic E-state index is 6.07. The summed E-state index contributed by atoms with van der Waals surface area (Å²) in [4.78, 5) is 4.50. The van der Waals surface area contributed by atoms with E-state index in [9.17, 15) is 0 Å². The number of halogens is 1. The van der Waals surface area contributed by atoms with Gasteiger partial charge in [-0.25, -0.2) is 4.68 Å². The average Bonchev–Trinajstić information content (AvgIpc) is 3.40. The number of hydrogen-bond donors (Lipinski definition) is 0. The summed E-state index contributed by atoms with van der Waals surface area (Å²) >= 11 is 3.51. The minimum absolute atomic E-state index is 0.134. The van der Waals surface area contributed by atoms with Crippen molar-refractivity contribution in [2.75, 3.05) is 7.11 Å². The van der Waals surface area contributed by atoms with Crippen molar-refractivity contribution in [3.8, 4) is 28.7 Å². The zero-order chi connectivity index (χ0) is 19.8. The van der Waals surface area contributed by atoms with Crippen LogP contribution in [0, 0.1) is 0 Å². The molecule has 0 saturated heterocycles. The largest absolute Gasteiger partial charge is 0.497 e. The SMILES string of the molecule is COc1cccc(C2Cn3nnc(-c4nc(-c5ccccc5Br)no4)c3CO2)c1. The van der Waals surface area contributed by atoms with E-state index in [1.54, 1.807) is 7.11 Å². The summed E-state index contributed by atoms with van der Waals surface area (Å²) in [5, 5.41) is 12.6. The van der Waals surface area contributed by atoms with Crippen LogP contribution in [-0.4, -0.2) is 32.2 Å². The molecule has 1 unspecified atom stereocenters. The van der Waals surface area contributed by atoms with E-state index in [1.807, 2.05) is 53.2 Å². The predicted octanol–water partition coefficient (Wildman–Crippen LogP) is 4.04. The summed E-state index contributed by atoms with van der Waals surface area (Å²) in [6.45, 7) is 0.887. The molecule has 0 N–H and O–H groups in total. The van der Waals surface area contributed by atoms with Crippen LogP contribution in [0.5, 0.6) is 5.75 Å². The van der Waals surface area contributed by atoms with Crippen LogP contribution in [0.2, 0.25) is 0 Å². The van der Waals surface area contributed by atoms with Gasteiger partial charge in [-0.05, 0) is 29.8 Å². The molecule has 3 heterocycles. The fourth-order valence-electron chi connectivity index (χ4n) is 3.29. The van der Waals surface area contributed by atoms with E-state index in [0.29, 0.717) is 30.6 Å². The second kappa shape index (κ2) is 7.41. The highest BCUT2D eigenvalue weighted by Crippen LogP contribution is 2.32. The third kappa shape index (κ3) is 3.32. The smallest absolute Gasteiger partial charge is 0.280 e. The zero-order valence-electron chi connectivity index (χ0n) is 15.4. The summed E-state index contributed by atoms with van der Waals surface area (Å²) in [6, 6.07) is 15.5. The van der Waals surface area contributed by atoms with Gasteiger partial charge in [0.05, 0.1) is 26.0 Å². The quantitative estimate of drug-likeness (QED) is 0.460. The Kier molecular flexibility index (Phi) is 4.61. The first-order valence-electron chi connectivity index (χ1n) is 9.00. The van der Waals surface area contributed by atoms with Crippen LogP contribution in [0.1, 0.15) is 17.4 Å². The van der Waals surface area contributed by atoms with Crippen molar-refractivity contribution in [1.29, 1.82) is 0 Å². The van der Waals surface area contributed by atoms with Crippen molar-refractivity contribution < 1.29 is 14.0 Å². The number of fused-ring (bicyclic) bond motifs is 1. The highest BCUT2D eigenvalue weighted by molar-refractivity contribution is 9.10. The van der Waals surface area contributed by atoms with Gasteiger partial charge in [0, 0.05) is 10.0 Å². The van der Waals surface area contributed by atoms with Crippen LogP contribution in [0.3, 0.4) is 0 Å². The van der Waals surface area contributed by atoms with E-state index in [-0.39, 0.29) is 6.10 Å². The minimum atomic E-state index is -0.134. The molecule has 2 aromatic heterocycles. The van der Waals surface area contributed by atoms with E-state index in [4.69, 9.17) is 14.0 Å². The second-order valence-electron chi connectivity index (χ2n) is 6.55. The van der Waals surface area contributed by atoms with E-state index in [1.165, 1.54) is 0 Å². The molecular weight excluding hydrogens is 438 g/mol. The van der Waals surface area contributed by atoms with Gasteiger partial charge >= 0.3 is 0 Å². The van der Waals surface area contributed by atoms with E-state index in [0.717, 1.165) is 27.0 Å². The van der Waals surface area contributed by atoms with Crippen molar-refractivity contribution in [3.05, 3.63) is 64.3 Å². The topological polar surface area (TPSA) is 88.1 Å². The molecule has 2 aromatic carbocycles. The third-order valence-electron chi connectivity index (χ3n) is 4.81. The van der Waals surface area contributed by atoms with E-state index >= 15 is 0 Å². The number of rotatable bonds is 4. The monoisotopic (exact) mass is 453 g/mol. The Morgan fingerprint density at radius 1 is 1.17 bits per heavy atom. The Morgan fingerprint density at radius 2 is 2.07 bits per heavy atom. The van der Waals surface area contributed by atoms with Gasteiger partial charge in [-0.15, -0.1) is 5.10 Å². The van der Waals surface area contributed by atoms with Gasteiger partial charge < -0.3 is 14.0 Å². The normalized spacial score (nSPS) is 15.9. The molecule has 5 rings (SSSR count). The average molecular weight is 454 g/mol. The fourth-order valence-corrected chi connectivity index (χ4v) is 3.75. The lowest BCUT2D eigenvalue weighted by Gasteiger charge is -2.24. The number of methoxy groups -OCH3 is 1. The minimum Gasteiger partial charge on any atom is -0.497 e. The van der Waals surface area contributed by atoms with Crippen molar-refractivity contribution in [1.82, 2.24) is 25.1 Å². The number of benzene rings is 2. The molecule has 4 aromatic rings. The molecule has 9 heteroatoms.